The number of esters is 1. The van der Waals surface area contributed by atoms with Gasteiger partial charge in [0, 0.05) is 10.5 Å². The van der Waals surface area contributed by atoms with E-state index in [0.29, 0.717) is 17.2 Å². The van der Waals surface area contributed by atoms with E-state index in [2.05, 4.69) is 15.9 Å². The van der Waals surface area contributed by atoms with Gasteiger partial charge in [-0.1, -0.05) is 34.1 Å². The van der Waals surface area contributed by atoms with Crippen LogP contribution < -0.4 is 14.2 Å². The van der Waals surface area contributed by atoms with E-state index in [1.807, 2.05) is 36.4 Å². The molecule has 0 aliphatic carbocycles. The van der Waals surface area contributed by atoms with Crippen LogP contribution in [-0.4, -0.2) is 20.2 Å². The molecule has 0 saturated heterocycles. The molecule has 0 N–H and O–H groups in total. The van der Waals surface area contributed by atoms with Crippen LogP contribution in [0.15, 0.2) is 65.1 Å². The van der Waals surface area contributed by atoms with E-state index in [0.717, 1.165) is 20.8 Å². The molecule has 0 amide bonds. The molecule has 132 valence electrons. The number of ether oxygens (including phenoxy) is 3. The van der Waals surface area contributed by atoms with E-state index >= 15 is 0 Å². The lowest BCUT2D eigenvalue weighted by Gasteiger charge is -2.07. The zero-order chi connectivity index (χ0) is 18.5. The number of halogens is 1. The third-order valence-corrected chi connectivity index (χ3v) is 4.30. The minimum atomic E-state index is -0.448. The van der Waals surface area contributed by atoms with Gasteiger partial charge in [0.25, 0.3) is 0 Å². The van der Waals surface area contributed by atoms with Crippen LogP contribution in [0.1, 0.15) is 5.56 Å². The maximum Gasteiger partial charge on any atom is 0.336 e. The number of fused-ring (bicyclic) bond motifs is 1. The Morgan fingerprint density at radius 1 is 0.885 bits per heavy atom. The molecule has 0 aliphatic heterocycles. The molecule has 3 rings (SSSR count). The molecule has 0 unspecified atom stereocenters. The highest BCUT2D eigenvalue weighted by atomic mass is 79.9. The van der Waals surface area contributed by atoms with Crippen molar-refractivity contribution in [2.45, 2.75) is 0 Å². The fourth-order valence-corrected chi connectivity index (χ4v) is 2.91. The maximum atomic E-state index is 12.1. The van der Waals surface area contributed by atoms with Crippen molar-refractivity contribution in [1.29, 1.82) is 0 Å². The molecule has 3 aromatic carbocycles. The highest BCUT2D eigenvalue weighted by Crippen LogP contribution is 2.28. The monoisotopic (exact) mass is 412 g/mol. The summed E-state index contributed by atoms with van der Waals surface area (Å²) in [6.45, 7) is 0. The van der Waals surface area contributed by atoms with Gasteiger partial charge >= 0.3 is 5.97 Å². The minimum absolute atomic E-state index is 0.448. The summed E-state index contributed by atoms with van der Waals surface area (Å²) < 4.78 is 16.8. The Balaban J connectivity index is 1.72. The highest BCUT2D eigenvalue weighted by Gasteiger charge is 2.05. The summed E-state index contributed by atoms with van der Waals surface area (Å²) in [6.07, 6.45) is 3.05. The molecular weight excluding hydrogens is 396 g/mol. The second-order valence-electron chi connectivity index (χ2n) is 5.52. The number of hydrogen-bond donors (Lipinski definition) is 0. The third-order valence-electron chi connectivity index (χ3n) is 3.81. The third kappa shape index (κ3) is 4.24. The van der Waals surface area contributed by atoms with E-state index in [1.54, 1.807) is 38.5 Å². The lowest BCUT2D eigenvalue weighted by molar-refractivity contribution is -0.128. The first kappa shape index (κ1) is 18.0. The Kier molecular flexibility index (Phi) is 5.58. The summed E-state index contributed by atoms with van der Waals surface area (Å²) in [6, 6.07) is 16.9. The van der Waals surface area contributed by atoms with Gasteiger partial charge in [0.15, 0.2) is 11.5 Å². The summed E-state index contributed by atoms with van der Waals surface area (Å²) >= 11 is 3.44. The highest BCUT2D eigenvalue weighted by molar-refractivity contribution is 9.10. The molecule has 0 fully saturated rings. The average molecular weight is 413 g/mol. The fourth-order valence-electron chi connectivity index (χ4n) is 2.53. The summed E-state index contributed by atoms with van der Waals surface area (Å²) in [7, 11) is 3.14. The standard InChI is InChI=1S/C21H17BrO4/c1-24-19-9-3-14(11-20(19)25-2)4-10-21(23)26-18-8-6-15-12-17(22)7-5-16(15)13-18/h3-13H,1-2H3/b10-4+. The normalized spacial score (nSPS) is 10.9. The van der Waals surface area contributed by atoms with Gasteiger partial charge in [-0.05, 0) is 58.8 Å². The summed E-state index contributed by atoms with van der Waals surface area (Å²) in [5.74, 6) is 1.29. The smallest absolute Gasteiger partial charge is 0.336 e. The number of methoxy groups -OCH3 is 2. The number of carbonyl (C=O) groups excluding carboxylic acids is 1. The largest absolute Gasteiger partial charge is 0.493 e. The van der Waals surface area contributed by atoms with Crippen molar-refractivity contribution in [1.82, 2.24) is 0 Å². The van der Waals surface area contributed by atoms with Gasteiger partial charge in [-0.25, -0.2) is 4.79 Å². The van der Waals surface area contributed by atoms with Crippen molar-refractivity contribution in [3.8, 4) is 17.2 Å². The minimum Gasteiger partial charge on any atom is -0.493 e. The summed E-state index contributed by atoms with van der Waals surface area (Å²) in [5.41, 5.74) is 0.808. The van der Waals surface area contributed by atoms with Crippen molar-refractivity contribution in [3.05, 3.63) is 70.7 Å². The number of rotatable bonds is 5. The first-order valence-electron chi connectivity index (χ1n) is 7.90. The first-order chi connectivity index (χ1) is 12.6. The van der Waals surface area contributed by atoms with Gasteiger partial charge in [0.05, 0.1) is 14.2 Å². The first-order valence-corrected chi connectivity index (χ1v) is 8.69. The van der Waals surface area contributed by atoms with Crippen molar-refractivity contribution in [2.75, 3.05) is 14.2 Å². The van der Waals surface area contributed by atoms with Crippen LogP contribution in [0.3, 0.4) is 0 Å². The van der Waals surface area contributed by atoms with Gasteiger partial charge in [-0.15, -0.1) is 0 Å². The number of carbonyl (C=O) groups is 1. The molecule has 0 atom stereocenters. The lowest BCUT2D eigenvalue weighted by atomic mass is 10.1. The Morgan fingerprint density at radius 2 is 1.62 bits per heavy atom. The topological polar surface area (TPSA) is 44.8 Å². The lowest BCUT2D eigenvalue weighted by Crippen LogP contribution is -2.03. The Bertz CT molecular complexity index is 979. The van der Waals surface area contributed by atoms with E-state index < -0.39 is 5.97 Å². The molecule has 26 heavy (non-hydrogen) atoms. The maximum absolute atomic E-state index is 12.1. The van der Waals surface area contributed by atoms with Crippen LogP contribution in [0.4, 0.5) is 0 Å². The molecule has 0 spiro atoms. The van der Waals surface area contributed by atoms with E-state index in [9.17, 15) is 4.79 Å². The Morgan fingerprint density at radius 3 is 2.38 bits per heavy atom. The average Bonchev–Trinajstić information content (AvgIpc) is 2.66. The van der Waals surface area contributed by atoms with Gasteiger partial charge in [0.1, 0.15) is 5.75 Å². The van der Waals surface area contributed by atoms with Crippen molar-refractivity contribution >= 4 is 38.7 Å². The molecule has 0 heterocycles. The predicted octanol–water partition coefficient (Wildman–Crippen LogP) is 5.24. The molecule has 0 saturated carbocycles. The van der Waals surface area contributed by atoms with E-state index in [-0.39, 0.29) is 0 Å². The molecule has 3 aromatic rings. The second-order valence-corrected chi connectivity index (χ2v) is 6.44. The van der Waals surface area contributed by atoms with Crippen molar-refractivity contribution < 1.29 is 19.0 Å². The molecule has 4 nitrogen and oxygen atoms in total. The Labute approximate surface area is 160 Å². The zero-order valence-corrected chi connectivity index (χ0v) is 15.9. The fraction of sp³-hybridized carbons (Fsp3) is 0.0952. The summed E-state index contributed by atoms with van der Waals surface area (Å²) in [5, 5.41) is 2.07. The quantitative estimate of drug-likeness (QED) is 0.326. The van der Waals surface area contributed by atoms with Crippen molar-refractivity contribution in [2.24, 2.45) is 0 Å². The van der Waals surface area contributed by atoms with Crippen LogP contribution in [0.25, 0.3) is 16.8 Å². The SMILES string of the molecule is COc1ccc(/C=C/C(=O)Oc2ccc3cc(Br)ccc3c2)cc1OC. The zero-order valence-electron chi connectivity index (χ0n) is 14.4. The van der Waals surface area contributed by atoms with Gasteiger partial charge in [-0.3, -0.25) is 0 Å². The molecule has 0 radical (unpaired) electrons. The van der Waals surface area contributed by atoms with Gasteiger partial charge in [-0.2, -0.15) is 0 Å². The van der Waals surface area contributed by atoms with Crippen molar-refractivity contribution in [3.63, 3.8) is 0 Å². The number of hydrogen-bond acceptors (Lipinski definition) is 4. The van der Waals surface area contributed by atoms with Crippen LogP contribution in [-0.2, 0) is 4.79 Å². The van der Waals surface area contributed by atoms with Crippen LogP contribution >= 0.6 is 15.9 Å². The molecule has 0 aliphatic rings. The molecule has 5 heteroatoms. The summed E-state index contributed by atoms with van der Waals surface area (Å²) in [4.78, 5) is 12.1. The van der Waals surface area contributed by atoms with Crippen LogP contribution in [0.5, 0.6) is 17.2 Å². The molecular formula is C21H17BrO4. The second kappa shape index (κ2) is 8.06. The predicted molar refractivity (Wildman–Crippen MR) is 106 cm³/mol. The van der Waals surface area contributed by atoms with Crippen LogP contribution in [0, 0.1) is 0 Å². The van der Waals surface area contributed by atoms with Crippen LogP contribution in [0.2, 0.25) is 0 Å². The number of benzene rings is 3. The Hall–Kier alpha value is -2.79. The van der Waals surface area contributed by atoms with Gasteiger partial charge in [0.2, 0.25) is 0 Å². The molecule has 0 bridgehead atoms. The van der Waals surface area contributed by atoms with E-state index in [1.165, 1.54) is 6.08 Å². The van der Waals surface area contributed by atoms with E-state index in [4.69, 9.17) is 14.2 Å². The molecule has 0 aromatic heterocycles. The van der Waals surface area contributed by atoms with Gasteiger partial charge < -0.3 is 14.2 Å².